The second kappa shape index (κ2) is 13.8. The molecule has 8 heteroatoms. The van der Waals surface area contributed by atoms with E-state index in [1.807, 2.05) is 56.3 Å². The number of nitrogens with one attached hydrogen (secondary N) is 1. The highest BCUT2D eigenvalue weighted by Crippen LogP contribution is 2.28. The van der Waals surface area contributed by atoms with Gasteiger partial charge in [0.25, 0.3) is 10.0 Å². The molecule has 3 aromatic rings. The lowest BCUT2D eigenvalue weighted by Crippen LogP contribution is -2.51. The second-order valence-electron chi connectivity index (χ2n) is 9.13. The van der Waals surface area contributed by atoms with Crippen LogP contribution in [0.1, 0.15) is 44.7 Å². The Bertz CT molecular complexity index is 1300. The predicted molar refractivity (Wildman–Crippen MR) is 151 cm³/mol. The van der Waals surface area contributed by atoms with Crippen LogP contribution in [0.15, 0.2) is 89.8 Å². The molecule has 0 aliphatic heterocycles. The fourth-order valence-corrected chi connectivity index (χ4v) is 5.66. The van der Waals surface area contributed by atoms with Crippen molar-refractivity contribution in [2.45, 2.75) is 57.5 Å². The van der Waals surface area contributed by atoms with Crippen molar-refractivity contribution in [1.82, 2.24) is 10.2 Å². The van der Waals surface area contributed by atoms with Crippen LogP contribution < -0.4 is 9.62 Å². The monoisotopic (exact) mass is 535 g/mol. The number of carbonyl (C=O) groups is 2. The third kappa shape index (κ3) is 7.22. The highest BCUT2D eigenvalue weighted by Gasteiger charge is 2.33. The van der Waals surface area contributed by atoms with Gasteiger partial charge in [-0.05, 0) is 49.1 Å². The van der Waals surface area contributed by atoms with Gasteiger partial charge in [0.15, 0.2) is 0 Å². The Balaban J connectivity index is 2.01. The molecule has 0 unspecified atom stereocenters. The van der Waals surface area contributed by atoms with Crippen LogP contribution in [-0.4, -0.2) is 44.3 Å². The number of amides is 2. The van der Waals surface area contributed by atoms with Gasteiger partial charge >= 0.3 is 0 Å². The van der Waals surface area contributed by atoms with Crippen molar-refractivity contribution in [1.29, 1.82) is 0 Å². The molecule has 0 aliphatic rings. The van der Waals surface area contributed by atoms with Gasteiger partial charge in [0.05, 0.1) is 10.6 Å². The van der Waals surface area contributed by atoms with Crippen molar-refractivity contribution in [3.8, 4) is 0 Å². The number of hydrogen-bond donors (Lipinski definition) is 1. The molecule has 3 aromatic carbocycles. The summed E-state index contributed by atoms with van der Waals surface area (Å²) >= 11 is 0. The Morgan fingerprint density at radius 3 is 2.11 bits per heavy atom. The summed E-state index contributed by atoms with van der Waals surface area (Å²) in [7, 11) is -4.07. The fourth-order valence-electron chi connectivity index (χ4n) is 4.18. The quantitative estimate of drug-likeness (QED) is 0.319. The molecule has 0 fully saturated rings. The molecule has 2 amide bonds. The number of anilines is 1. The summed E-state index contributed by atoms with van der Waals surface area (Å²) in [6.07, 6.45) is 2.36. The predicted octanol–water partition coefficient (Wildman–Crippen LogP) is 4.78. The molecule has 0 saturated heterocycles. The van der Waals surface area contributed by atoms with E-state index >= 15 is 0 Å². The molecule has 0 spiro atoms. The molecule has 1 N–H and O–H groups in total. The molecule has 0 aromatic heterocycles. The summed E-state index contributed by atoms with van der Waals surface area (Å²) in [5.41, 5.74) is 2.10. The molecule has 0 saturated carbocycles. The summed E-state index contributed by atoms with van der Waals surface area (Å²) < 4.78 is 28.9. The number of unbranched alkanes of at least 4 members (excludes halogenated alkanes) is 1. The number of sulfonamides is 1. The number of aryl methyl sites for hydroxylation is 1. The van der Waals surface area contributed by atoms with Crippen LogP contribution in [0.5, 0.6) is 0 Å². The van der Waals surface area contributed by atoms with Gasteiger partial charge in [-0.3, -0.25) is 13.9 Å². The van der Waals surface area contributed by atoms with Gasteiger partial charge in [0.2, 0.25) is 11.8 Å². The first kappa shape index (κ1) is 28.9. The minimum atomic E-state index is -4.07. The standard InChI is InChI=1S/C30H37N3O4S/c1-4-6-21-31-30(35)24(3)32(22-25-15-9-7-10-16-25)29(34)23-33(28-20-14-13-17-26(28)5-2)38(36,37)27-18-11-8-12-19-27/h7-20,24H,4-6,21-23H2,1-3H3,(H,31,35)/t24-/m0/s1. The van der Waals surface area contributed by atoms with Gasteiger partial charge in [0.1, 0.15) is 12.6 Å². The number of hydrogen-bond acceptors (Lipinski definition) is 4. The lowest BCUT2D eigenvalue weighted by Gasteiger charge is -2.32. The third-order valence-corrected chi connectivity index (χ3v) is 8.22. The van der Waals surface area contributed by atoms with E-state index in [0.29, 0.717) is 18.7 Å². The Morgan fingerprint density at radius 2 is 1.47 bits per heavy atom. The van der Waals surface area contributed by atoms with Gasteiger partial charge in [0, 0.05) is 13.1 Å². The largest absolute Gasteiger partial charge is 0.354 e. The van der Waals surface area contributed by atoms with Crippen LogP contribution >= 0.6 is 0 Å². The average Bonchev–Trinajstić information content (AvgIpc) is 2.95. The summed E-state index contributed by atoms with van der Waals surface area (Å²) in [5, 5.41) is 2.90. The van der Waals surface area contributed by atoms with Gasteiger partial charge in [-0.25, -0.2) is 8.42 Å². The zero-order chi connectivity index (χ0) is 27.5. The van der Waals surface area contributed by atoms with E-state index < -0.39 is 28.5 Å². The molecule has 38 heavy (non-hydrogen) atoms. The molecule has 0 heterocycles. The maximum Gasteiger partial charge on any atom is 0.264 e. The van der Waals surface area contributed by atoms with E-state index in [1.165, 1.54) is 21.3 Å². The maximum absolute atomic E-state index is 13.9. The summed E-state index contributed by atoms with van der Waals surface area (Å²) in [6.45, 7) is 5.92. The Morgan fingerprint density at radius 1 is 0.868 bits per heavy atom. The lowest BCUT2D eigenvalue weighted by molar-refractivity contribution is -0.139. The highest BCUT2D eigenvalue weighted by atomic mass is 32.2. The first-order valence-electron chi connectivity index (χ1n) is 13.1. The number of benzene rings is 3. The van der Waals surface area contributed by atoms with Crippen molar-refractivity contribution >= 4 is 27.5 Å². The summed E-state index contributed by atoms with van der Waals surface area (Å²) in [6, 6.07) is 23.9. The minimum absolute atomic E-state index is 0.0960. The molecular formula is C30H37N3O4S. The second-order valence-corrected chi connectivity index (χ2v) is 11.0. The average molecular weight is 536 g/mol. The first-order chi connectivity index (χ1) is 18.3. The van der Waals surface area contributed by atoms with E-state index in [0.717, 1.165) is 24.0 Å². The molecule has 7 nitrogen and oxygen atoms in total. The third-order valence-electron chi connectivity index (χ3n) is 6.44. The van der Waals surface area contributed by atoms with E-state index in [-0.39, 0.29) is 17.3 Å². The molecule has 202 valence electrons. The zero-order valence-corrected chi connectivity index (χ0v) is 23.2. The van der Waals surface area contributed by atoms with Crippen LogP contribution in [0.2, 0.25) is 0 Å². The van der Waals surface area contributed by atoms with Crippen molar-refractivity contribution < 1.29 is 18.0 Å². The number of nitrogens with zero attached hydrogens (tertiary/aromatic N) is 2. The van der Waals surface area contributed by atoms with Gasteiger partial charge in [-0.2, -0.15) is 0 Å². The smallest absolute Gasteiger partial charge is 0.264 e. The van der Waals surface area contributed by atoms with E-state index in [2.05, 4.69) is 5.32 Å². The van der Waals surface area contributed by atoms with Crippen molar-refractivity contribution in [3.05, 3.63) is 96.1 Å². The van der Waals surface area contributed by atoms with Gasteiger partial charge in [-0.15, -0.1) is 0 Å². The van der Waals surface area contributed by atoms with Crippen molar-refractivity contribution in [2.24, 2.45) is 0 Å². The molecule has 0 aliphatic carbocycles. The van der Waals surface area contributed by atoms with Crippen LogP contribution in [-0.2, 0) is 32.6 Å². The van der Waals surface area contributed by atoms with Gasteiger partial charge < -0.3 is 10.2 Å². The maximum atomic E-state index is 13.9. The highest BCUT2D eigenvalue weighted by molar-refractivity contribution is 7.92. The van der Waals surface area contributed by atoms with E-state index in [4.69, 9.17) is 0 Å². The lowest BCUT2D eigenvalue weighted by atomic mass is 10.1. The normalized spacial score (nSPS) is 12.0. The topological polar surface area (TPSA) is 86.8 Å². The zero-order valence-electron chi connectivity index (χ0n) is 22.3. The molecule has 0 bridgehead atoms. The van der Waals surface area contributed by atoms with Crippen LogP contribution in [0.25, 0.3) is 0 Å². The van der Waals surface area contributed by atoms with Crippen LogP contribution in [0, 0.1) is 0 Å². The summed E-state index contributed by atoms with van der Waals surface area (Å²) in [5.74, 6) is -0.730. The Labute approximate surface area is 226 Å². The number of rotatable bonds is 13. The Hall–Kier alpha value is -3.65. The van der Waals surface area contributed by atoms with E-state index in [1.54, 1.807) is 37.3 Å². The molecule has 1 atom stereocenters. The molecule has 3 rings (SSSR count). The first-order valence-corrected chi connectivity index (χ1v) is 14.5. The summed E-state index contributed by atoms with van der Waals surface area (Å²) in [4.78, 5) is 28.5. The van der Waals surface area contributed by atoms with Crippen molar-refractivity contribution in [2.75, 3.05) is 17.4 Å². The Kier molecular flexibility index (Phi) is 10.5. The van der Waals surface area contributed by atoms with E-state index in [9.17, 15) is 18.0 Å². The molecule has 0 radical (unpaired) electrons. The van der Waals surface area contributed by atoms with Crippen molar-refractivity contribution in [3.63, 3.8) is 0 Å². The van der Waals surface area contributed by atoms with Gasteiger partial charge in [-0.1, -0.05) is 87.0 Å². The number of para-hydroxylation sites is 1. The van der Waals surface area contributed by atoms with Crippen LogP contribution in [0.4, 0.5) is 5.69 Å². The minimum Gasteiger partial charge on any atom is -0.354 e. The SMILES string of the molecule is CCCCNC(=O)[C@H](C)N(Cc1ccccc1)C(=O)CN(c1ccccc1CC)S(=O)(=O)c1ccccc1. The fraction of sp³-hybridized carbons (Fsp3) is 0.333. The molecular weight excluding hydrogens is 498 g/mol. The van der Waals surface area contributed by atoms with Crippen LogP contribution in [0.3, 0.4) is 0 Å². The number of carbonyl (C=O) groups excluding carboxylic acids is 2.